The van der Waals surface area contributed by atoms with Crippen molar-refractivity contribution in [2.75, 3.05) is 13.7 Å². The monoisotopic (exact) mass is 238 g/mol. The fourth-order valence-corrected chi connectivity index (χ4v) is 2.82. The highest BCUT2D eigenvalue weighted by atomic mass is 16.5. The number of hydrogen-bond donors (Lipinski definition) is 1. The van der Waals surface area contributed by atoms with Gasteiger partial charge in [-0.2, -0.15) is 0 Å². The molecule has 17 heavy (non-hydrogen) atoms. The average Bonchev–Trinajstić information content (AvgIpc) is 2.26. The second-order valence-corrected chi connectivity index (χ2v) is 5.21. The Morgan fingerprint density at radius 2 is 1.94 bits per heavy atom. The van der Waals surface area contributed by atoms with Gasteiger partial charge in [0.1, 0.15) is 0 Å². The summed E-state index contributed by atoms with van der Waals surface area (Å²) in [6.07, 6.45) is 8.30. The van der Waals surface area contributed by atoms with Crippen LogP contribution >= 0.6 is 0 Å². The van der Waals surface area contributed by atoms with Crippen LogP contribution < -0.4 is 0 Å². The summed E-state index contributed by atoms with van der Waals surface area (Å²) in [4.78, 5) is 11.8. The van der Waals surface area contributed by atoms with Gasteiger partial charge >= 0.3 is 5.97 Å². The van der Waals surface area contributed by atoms with E-state index in [9.17, 15) is 9.90 Å². The van der Waals surface area contributed by atoms with Crippen molar-refractivity contribution in [1.29, 1.82) is 0 Å². The highest BCUT2D eigenvalue weighted by Gasteiger charge is 2.53. The highest BCUT2D eigenvalue weighted by Crippen LogP contribution is 2.51. The molecular weight excluding hydrogens is 216 g/mol. The van der Waals surface area contributed by atoms with E-state index in [4.69, 9.17) is 4.74 Å². The maximum Gasteiger partial charge on any atom is 0.314 e. The first-order valence-corrected chi connectivity index (χ1v) is 6.00. The summed E-state index contributed by atoms with van der Waals surface area (Å²) in [6.45, 7) is 6.49. The van der Waals surface area contributed by atoms with E-state index in [0.717, 1.165) is 0 Å². The lowest BCUT2D eigenvalue weighted by atomic mass is 9.56. The van der Waals surface area contributed by atoms with Crippen molar-refractivity contribution in [2.24, 2.45) is 16.7 Å². The van der Waals surface area contributed by atoms with Gasteiger partial charge in [0.25, 0.3) is 0 Å². The van der Waals surface area contributed by atoms with Crippen LogP contribution in [0.4, 0.5) is 0 Å². The minimum atomic E-state index is -0.847. The lowest BCUT2D eigenvalue weighted by Crippen LogP contribution is -2.49. The summed E-state index contributed by atoms with van der Waals surface area (Å²) in [5.74, 6) is -0.727. The van der Waals surface area contributed by atoms with Crippen LogP contribution in [0.5, 0.6) is 0 Å². The van der Waals surface area contributed by atoms with Gasteiger partial charge in [-0.1, -0.05) is 45.1 Å². The van der Waals surface area contributed by atoms with Crippen molar-refractivity contribution in [1.82, 2.24) is 0 Å². The van der Waals surface area contributed by atoms with Crippen LogP contribution in [0.15, 0.2) is 24.3 Å². The van der Waals surface area contributed by atoms with Crippen LogP contribution in [0.1, 0.15) is 27.2 Å². The zero-order valence-corrected chi connectivity index (χ0v) is 11.1. The van der Waals surface area contributed by atoms with Crippen molar-refractivity contribution in [2.45, 2.75) is 27.2 Å². The van der Waals surface area contributed by atoms with E-state index < -0.39 is 16.8 Å². The maximum absolute atomic E-state index is 11.8. The molecule has 2 atom stereocenters. The Morgan fingerprint density at radius 3 is 2.41 bits per heavy atom. The molecule has 0 saturated carbocycles. The third kappa shape index (κ3) is 2.16. The molecule has 96 valence electrons. The van der Waals surface area contributed by atoms with E-state index in [1.165, 1.54) is 0 Å². The standard InChI is InChI=1S/C14H22O3/c1-11(2)14(12(15)16)8-6-5-7-13(14,3)9-10-17-4/h5-8,11H,9-10H2,1-4H3,(H,15,16). The van der Waals surface area contributed by atoms with Gasteiger partial charge in [0.2, 0.25) is 0 Å². The summed E-state index contributed by atoms with van der Waals surface area (Å²) in [6, 6.07) is 0. The fourth-order valence-electron chi connectivity index (χ4n) is 2.82. The zero-order valence-electron chi connectivity index (χ0n) is 11.1. The second-order valence-electron chi connectivity index (χ2n) is 5.21. The molecule has 1 aliphatic carbocycles. The van der Waals surface area contributed by atoms with Gasteiger partial charge in [-0.25, -0.2) is 0 Å². The van der Waals surface area contributed by atoms with Crippen molar-refractivity contribution in [3.8, 4) is 0 Å². The molecule has 3 nitrogen and oxygen atoms in total. The number of aliphatic carboxylic acids is 1. The quantitative estimate of drug-likeness (QED) is 0.801. The Balaban J connectivity index is 3.19. The molecule has 0 fully saturated rings. The van der Waals surface area contributed by atoms with Crippen molar-refractivity contribution < 1.29 is 14.6 Å². The van der Waals surface area contributed by atoms with E-state index >= 15 is 0 Å². The molecule has 0 heterocycles. The molecule has 0 aromatic carbocycles. The predicted molar refractivity (Wildman–Crippen MR) is 67.8 cm³/mol. The smallest absolute Gasteiger partial charge is 0.314 e. The van der Waals surface area contributed by atoms with Gasteiger partial charge in [-0.05, 0) is 12.3 Å². The number of ether oxygens (including phenoxy) is 1. The summed E-state index contributed by atoms with van der Waals surface area (Å²) < 4.78 is 5.11. The number of methoxy groups -OCH3 is 1. The topological polar surface area (TPSA) is 46.5 Å². The summed E-state index contributed by atoms with van der Waals surface area (Å²) in [5, 5.41) is 9.67. The normalized spacial score (nSPS) is 32.1. The minimum Gasteiger partial charge on any atom is -0.481 e. The Hall–Kier alpha value is -1.09. The van der Waals surface area contributed by atoms with E-state index in [1.807, 2.05) is 45.1 Å². The number of carboxylic acids is 1. The third-order valence-electron chi connectivity index (χ3n) is 3.97. The van der Waals surface area contributed by atoms with E-state index in [0.29, 0.717) is 13.0 Å². The molecule has 0 aliphatic heterocycles. The Kier molecular flexibility index (Phi) is 4.15. The molecule has 0 aromatic rings. The van der Waals surface area contributed by atoms with E-state index in [1.54, 1.807) is 7.11 Å². The minimum absolute atomic E-state index is 0.0306. The number of allylic oxidation sites excluding steroid dienone is 3. The highest BCUT2D eigenvalue weighted by molar-refractivity contribution is 5.79. The molecule has 3 heteroatoms. The molecule has 1 N–H and O–H groups in total. The van der Waals surface area contributed by atoms with Gasteiger partial charge < -0.3 is 9.84 Å². The summed E-state index contributed by atoms with van der Waals surface area (Å²) in [7, 11) is 1.64. The van der Waals surface area contributed by atoms with Crippen molar-refractivity contribution in [3.05, 3.63) is 24.3 Å². The first kappa shape index (κ1) is 14.0. The van der Waals surface area contributed by atoms with Gasteiger partial charge in [0.05, 0.1) is 5.41 Å². The lowest BCUT2D eigenvalue weighted by molar-refractivity contribution is -0.155. The summed E-state index contributed by atoms with van der Waals surface area (Å²) >= 11 is 0. The van der Waals surface area contributed by atoms with Crippen LogP contribution in [0.3, 0.4) is 0 Å². The maximum atomic E-state index is 11.8. The average molecular weight is 238 g/mol. The Morgan fingerprint density at radius 1 is 1.35 bits per heavy atom. The first-order valence-electron chi connectivity index (χ1n) is 6.00. The number of hydrogen-bond acceptors (Lipinski definition) is 2. The SMILES string of the molecule is COCCC1(C)C=CC=CC1(C(=O)O)C(C)C. The van der Waals surface area contributed by atoms with Gasteiger partial charge in [-0.15, -0.1) is 0 Å². The predicted octanol–water partition coefficient (Wildman–Crippen LogP) is 2.88. The molecule has 1 aliphatic rings. The molecule has 2 unspecified atom stereocenters. The molecule has 0 bridgehead atoms. The zero-order chi connectivity index (χ0) is 13.1. The lowest BCUT2D eigenvalue weighted by Gasteiger charge is -2.46. The van der Waals surface area contributed by atoms with Crippen LogP contribution in [0.25, 0.3) is 0 Å². The number of carbonyl (C=O) groups is 1. The Labute approximate surface area is 103 Å². The number of carboxylic acid groups (broad SMARTS) is 1. The largest absolute Gasteiger partial charge is 0.481 e. The van der Waals surface area contributed by atoms with Gasteiger partial charge in [0, 0.05) is 19.1 Å². The van der Waals surface area contributed by atoms with Crippen LogP contribution in [0.2, 0.25) is 0 Å². The third-order valence-corrected chi connectivity index (χ3v) is 3.97. The molecule has 0 spiro atoms. The van der Waals surface area contributed by atoms with Crippen molar-refractivity contribution >= 4 is 5.97 Å². The van der Waals surface area contributed by atoms with Gasteiger partial charge in [0.15, 0.2) is 0 Å². The molecule has 0 saturated heterocycles. The molecule has 0 amide bonds. The fraction of sp³-hybridized carbons (Fsp3) is 0.643. The van der Waals surface area contributed by atoms with E-state index in [2.05, 4.69) is 0 Å². The van der Waals surface area contributed by atoms with Crippen LogP contribution in [-0.2, 0) is 9.53 Å². The van der Waals surface area contributed by atoms with Gasteiger partial charge in [-0.3, -0.25) is 4.79 Å². The van der Waals surface area contributed by atoms with E-state index in [-0.39, 0.29) is 5.92 Å². The van der Waals surface area contributed by atoms with Crippen molar-refractivity contribution in [3.63, 3.8) is 0 Å². The molecule has 1 rings (SSSR count). The van der Waals surface area contributed by atoms with Crippen LogP contribution in [0, 0.1) is 16.7 Å². The molecule has 0 radical (unpaired) electrons. The Bertz CT molecular complexity index is 343. The van der Waals surface area contributed by atoms with Crippen LogP contribution in [-0.4, -0.2) is 24.8 Å². The number of rotatable bonds is 5. The summed E-state index contributed by atoms with van der Waals surface area (Å²) in [5.41, 5.74) is -1.25. The molecular formula is C14H22O3. The molecule has 0 aromatic heterocycles. The second kappa shape index (κ2) is 5.05. The first-order chi connectivity index (χ1) is 7.90.